The second kappa shape index (κ2) is 11.1. The minimum Gasteiger partial charge on any atom is -0.312 e. The van der Waals surface area contributed by atoms with Crippen LogP contribution in [0, 0.1) is 0 Å². The number of carbonyl (C=O) groups is 2. The van der Waals surface area contributed by atoms with Gasteiger partial charge >= 0.3 is 13.6 Å². The molecule has 7 nitrogen and oxygen atoms in total. The van der Waals surface area contributed by atoms with Crippen molar-refractivity contribution in [1.82, 2.24) is 0 Å². The molecule has 0 atom stereocenters. The highest BCUT2D eigenvalue weighted by atomic mass is 31.2. The van der Waals surface area contributed by atoms with Crippen molar-refractivity contribution in [2.75, 3.05) is 20.4 Å². The predicted molar refractivity (Wildman–Crippen MR) is 89.7 cm³/mol. The summed E-state index contributed by atoms with van der Waals surface area (Å²) in [4.78, 5) is 28.1. The fourth-order valence-electron chi connectivity index (χ4n) is 1.77. The topological polar surface area (TPSA) is 88.1 Å². The lowest BCUT2D eigenvalue weighted by Crippen LogP contribution is -2.31. The summed E-state index contributed by atoms with van der Waals surface area (Å²) < 4.78 is 26.5. The summed E-state index contributed by atoms with van der Waals surface area (Å²) in [6, 6.07) is 0.929. The molecule has 0 saturated carbocycles. The van der Waals surface area contributed by atoms with Crippen molar-refractivity contribution in [3.05, 3.63) is 0 Å². The maximum absolute atomic E-state index is 11.8. The van der Waals surface area contributed by atoms with Crippen LogP contribution in [0.4, 0.5) is 0 Å². The average Bonchev–Trinajstić information content (AvgIpc) is 2.51. The summed E-state index contributed by atoms with van der Waals surface area (Å²) in [6.07, 6.45) is 2.33. The molecule has 0 aliphatic heterocycles. The normalized spacial score (nSPS) is 12.2. The Hall–Kier alpha value is -0.533. The summed E-state index contributed by atoms with van der Waals surface area (Å²) in [5.74, 6) is -0.764. The van der Waals surface area contributed by atoms with Gasteiger partial charge in [-0.3, -0.25) is 9.36 Å². The van der Waals surface area contributed by atoms with Crippen molar-refractivity contribution in [2.45, 2.75) is 58.2 Å². The van der Waals surface area contributed by atoms with Gasteiger partial charge < -0.3 is 13.9 Å². The van der Waals surface area contributed by atoms with E-state index in [2.05, 4.69) is 6.92 Å². The highest BCUT2D eigenvalue weighted by Crippen LogP contribution is 2.46. The minimum absolute atomic E-state index is 0.0776. The summed E-state index contributed by atoms with van der Waals surface area (Å²) >= 11 is 0. The number of hydrogen-bond acceptors (Lipinski definition) is 7. The molecule has 0 unspecified atom stereocenters. The zero-order valence-electron chi connectivity index (χ0n) is 14.8. The zero-order chi connectivity index (χ0) is 17.9. The molecule has 0 radical (unpaired) electrons. The van der Waals surface area contributed by atoms with Crippen molar-refractivity contribution in [3.8, 4) is 0 Å². The van der Waals surface area contributed by atoms with Crippen LogP contribution in [0.3, 0.4) is 0 Å². The lowest BCUT2D eigenvalue weighted by atomic mass is 10.2. The molecule has 136 valence electrons. The molecule has 0 rings (SSSR count). The molecule has 0 aromatic heterocycles. The molecule has 0 amide bonds. The first-order valence-electron chi connectivity index (χ1n) is 7.78. The van der Waals surface area contributed by atoms with E-state index in [1.165, 1.54) is 14.2 Å². The van der Waals surface area contributed by atoms with E-state index in [4.69, 9.17) is 18.5 Å². The average molecular weight is 368 g/mol. The fraction of sp³-hybridized carbons (Fsp3) is 0.857. The van der Waals surface area contributed by atoms with Crippen molar-refractivity contribution in [3.63, 3.8) is 0 Å². The van der Waals surface area contributed by atoms with Gasteiger partial charge in [0.05, 0.1) is 0 Å². The molecule has 0 aromatic carbocycles. The van der Waals surface area contributed by atoms with E-state index >= 15 is 0 Å². The molecule has 0 aliphatic carbocycles. The van der Waals surface area contributed by atoms with E-state index in [9.17, 15) is 14.2 Å². The Balaban J connectivity index is 3.99. The second-order valence-electron chi connectivity index (χ2n) is 5.93. The molecule has 0 heterocycles. The third-order valence-electron chi connectivity index (χ3n) is 3.26. The summed E-state index contributed by atoms with van der Waals surface area (Å²) in [6.45, 7) is 6.08. The maximum Gasteiger partial charge on any atom is 0.340 e. The van der Waals surface area contributed by atoms with Crippen LogP contribution in [0.25, 0.3) is 0 Å². The van der Waals surface area contributed by atoms with Gasteiger partial charge in [0.25, 0.3) is 0 Å². The quantitative estimate of drug-likeness (QED) is 0.212. The van der Waals surface area contributed by atoms with Crippen LogP contribution in [0.15, 0.2) is 0 Å². The van der Waals surface area contributed by atoms with Crippen molar-refractivity contribution < 1.29 is 32.7 Å². The molecule has 0 N–H and O–H groups in total. The van der Waals surface area contributed by atoms with Crippen molar-refractivity contribution >= 4 is 27.7 Å². The Bertz CT molecular complexity index is 417. The van der Waals surface area contributed by atoms with Crippen molar-refractivity contribution in [2.24, 2.45) is 0 Å². The highest BCUT2D eigenvalue weighted by molar-refractivity contribution is 7.54. The Morgan fingerprint density at radius 1 is 1.04 bits per heavy atom. The molecule has 0 saturated heterocycles. The SMILES string of the molecule is CCCC[Si](C)(C)OOC(=O)CCCC(=O)CP(=O)(OC)OC. The Morgan fingerprint density at radius 3 is 2.17 bits per heavy atom. The summed E-state index contributed by atoms with van der Waals surface area (Å²) in [5, 5.41) is 0. The summed E-state index contributed by atoms with van der Waals surface area (Å²) in [7, 11) is -2.84. The van der Waals surface area contributed by atoms with E-state index in [-0.39, 0.29) is 24.8 Å². The van der Waals surface area contributed by atoms with Crippen LogP contribution < -0.4 is 0 Å². The first-order chi connectivity index (χ1) is 10.7. The first kappa shape index (κ1) is 22.5. The number of Topliss-reactive ketones (excluding diaryl/α,β-unsaturated/α-hetero) is 1. The molecule has 0 spiro atoms. The van der Waals surface area contributed by atoms with Gasteiger partial charge in [0, 0.05) is 27.1 Å². The van der Waals surface area contributed by atoms with Crippen LogP contribution in [-0.4, -0.2) is 40.5 Å². The van der Waals surface area contributed by atoms with Gasteiger partial charge in [0.2, 0.25) is 8.32 Å². The van der Waals surface area contributed by atoms with Gasteiger partial charge in [-0.15, -0.1) is 0 Å². The third kappa shape index (κ3) is 10.8. The van der Waals surface area contributed by atoms with E-state index < -0.39 is 21.9 Å². The predicted octanol–water partition coefficient (Wildman–Crippen LogP) is 3.69. The van der Waals surface area contributed by atoms with E-state index in [0.29, 0.717) is 6.42 Å². The fourth-order valence-corrected chi connectivity index (χ4v) is 4.38. The van der Waals surface area contributed by atoms with Crippen LogP contribution in [0.1, 0.15) is 39.0 Å². The number of unbranched alkanes of at least 4 members (excludes halogenated alkanes) is 1. The van der Waals surface area contributed by atoms with Crippen LogP contribution in [0.5, 0.6) is 0 Å². The largest absolute Gasteiger partial charge is 0.340 e. The summed E-state index contributed by atoms with van der Waals surface area (Å²) in [5.41, 5.74) is 0. The molecule has 23 heavy (non-hydrogen) atoms. The van der Waals surface area contributed by atoms with E-state index in [0.717, 1.165) is 18.9 Å². The van der Waals surface area contributed by atoms with Gasteiger partial charge in [-0.25, -0.2) is 9.37 Å². The molecule has 0 aromatic rings. The zero-order valence-corrected chi connectivity index (χ0v) is 16.6. The van der Waals surface area contributed by atoms with E-state index in [1.807, 2.05) is 13.1 Å². The molecule has 0 fully saturated rings. The Morgan fingerprint density at radius 2 is 1.65 bits per heavy atom. The third-order valence-corrected chi connectivity index (χ3v) is 7.20. The van der Waals surface area contributed by atoms with Crippen LogP contribution in [-0.2, 0) is 32.7 Å². The van der Waals surface area contributed by atoms with Gasteiger partial charge in [0.1, 0.15) is 11.9 Å². The highest BCUT2D eigenvalue weighted by Gasteiger charge is 2.27. The Labute approximate surface area is 139 Å². The molecule has 0 bridgehead atoms. The van der Waals surface area contributed by atoms with Crippen molar-refractivity contribution in [1.29, 1.82) is 0 Å². The van der Waals surface area contributed by atoms with Gasteiger partial charge in [0.15, 0.2) is 0 Å². The maximum atomic E-state index is 11.8. The number of carbonyl (C=O) groups excluding carboxylic acids is 2. The lowest BCUT2D eigenvalue weighted by molar-refractivity contribution is -0.220. The standard InChI is InChI=1S/C14H29O7PSi/c1-6-7-11-23(4,5)21-20-14(16)10-8-9-13(15)12-22(17,18-2)19-3/h6-12H2,1-5H3. The van der Waals surface area contributed by atoms with E-state index in [1.54, 1.807) is 0 Å². The number of hydrogen-bond donors (Lipinski definition) is 0. The molecule has 9 heteroatoms. The molecular formula is C14H29O7PSi. The van der Waals surface area contributed by atoms with Crippen LogP contribution in [0.2, 0.25) is 19.1 Å². The Kier molecular flexibility index (Phi) is 10.8. The molecule has 0 aliphatic rings. The van der Waals surface area contributed by atoms with Gasteiger partial charge in [-0.2, -0.15) is 0 Å². The smallest absolute Gasteiger partial charge is 0.312 e. The van der Waals surface area contributed by atoms with Gasteiger partial charge in [-0.1, -0.05) is 19.8 Å². The molecular weight excluding hydrogens is 339 g/mol. The van der Waals surface area contributed by atoms with Crippen LogP contribution >= 0.6 is 7.60 Å². The lowest BCUT2D eigenvalue weighted by Gasteiger charge is -2.19. The first-order valence-corrected chi connectivity index (χ1v) is 12.6. The second-order valence-corrected chi connectivity index (χ2v) is 12.4. The minimum atomic E-state index is -3.33. The van der Waals surface area contributed by atoms with Gasteiger partial charge in [-0.05, 0) is 25.6 Å². The monoisotopic (exact) mass is 368 g/mol. The number of ketones is 1. The number of rotatable bonds is 13.